The van der Waals surface area contributed by atoms with Gasteiger partial charge in [-0.05, 0) is 42.4 Å². The quantitative estimate of drug-likeness (QED) is 0.740. The first kappa shape index (κ1) is 15.1. The molecule has 2 saturated carbocycles. The first-order valence-electron chi connectivity index (χ1n) is 7.54. The summed E-state index contributed by atoms with van der Waals surface area (Å²) in [7, 11) is 0. The van der Waals surface area contributed by atoms with Gasteiger partial charge >= 0.3 is 12.0 Å². The summed E-state index contributed by atoms with van der Waals surface area (Å²) in [5, 5.41) is 14.6. The summed E-state index contributed by atoms with van der Waals surface area (Å²) in [6.45, 7) is 6.09. The Morgan fingerprint density at radius 1 is 1.25 bits per heavy atom. The molecule has 2 fully saturated rings. The van der Waals surface area contributed by atoms with Gasteiger partial charge in [0.2, 0.25) is 0 Å². The number of carboxylic acid groups (broad SMARTS) is 1. The van der Waals surface area contributed by atoms with Crippen LogP contribution in [0.3, 0.4) is 0 Å². The van der Waals surface area contributed by atoms with Gasteiger partial charge in [-0.1, -0.05) is 27.2 Å². The Kier molecular flexibility index (Phi) is 4.25. The molecule has 0 aromatic rings. The number of urea groups is 1. The van der Waals surface area contributed by atoms with E-state index in [9.17, 15) is 14.7 Å². The molecule has 2 aliphatic carbocycles. The second-order valence-electron chi connectivity index (χ2n) is 7.43. The highest BCUT2D eigenvalue weighted by molar-refractivity contribution is 5.83. The van der Waals surface area contributed by atoms with E-state index in [1.807, 2.05) is 20.8 Å². The number of hydrogen-bond acceptors (Lipinski definition) is 2. The van der Waals surface area contributed by atoms with Crippen LogP contribution in [-0.2, 0) is 4.79 Å². The summed E-state index contributed by atoms with van der Waals surface area (Å²) in [5.41, 5.74) is -0.504. The molecule has 114 valence electrons. The molecule has 2 aliphatic rings. The van der Waals surface area contributed by atoms with Gasteiger partial charge in [-0.15, -0.1) is 0 Å². The van der Waals surface area contributed by atoms with Crippen molar-refractivity contribution in [1.82, 2.24) is 10.6 Å². The van der Waals surface area contributed by atoms with Gasteiger partial charge in [-0.3, -0.25) is 0 Å². The van der Waals surface area contributed by atoms with E-state index in [0.29, 0.717) is 12.5 Å². The molecule has 4 atom stereocenters. The third-order valence-corrected chi connectivity index (χ3v) is 4.80. The van der Waals surface area contributed by atoms with Crippen LogP contribution < -0.4 is 10.6 Å². The molecule has 5 heteroatoms. The number of rotatable bonds is 4. The smallest absolute Gasteiger partial charge is 0.326 e. The van der Waals surface area contributed by atoms with Crippen LogP contribution in [-0.4, -0.2) is 29.7 Å². The molecule has 4 unspecified atom stereocenters. The largest absolute Gasteiger partial charge is 0.480 e. The van der Waals surface area contributed by atoms with Crippen LogP contribution in [0.1, 0.15) is 46.5 Å². The van der Waals surface area contributed by atoms with Gasteiger partial charge in [0.25, 0.3) is 0 Å². The van der Waals surface area contributed by atoms with Gasteiger partial charge < -0.3 is 15.7 Å². The number of amides is 2. The van der Waals surface area contributed by atoms with Gasteiger partial charge in [0, 0.05) is 6.54 Å². The molecule has 2 amide bonds. The van der Waals surface area contributed by atoms with Crippen LogP contribution in [0.4, 0.5) is 4.79 Å². The van der Waals surface area contributed by atoms with Crippen LogP contribution in [0.25, 0.3) is 0 Å². The fraction of sp³-hybridized carbons (Fsp3) is 0.867. The van der Waals surface area contributed by atoms with E-state index in [-0.39, 0.29) is 6.03 Å². The lowest BCUT2D eigenvalue weighted by atomic mass is 9.87. The van der Waals surface area contributed by atoms with Gasteiger partial charge in [-0.25, -0.2) is 9.59 Å². The second-order valence-corrected chi connectivity index (χ2v) is 7.43. The Morgan fingerprint density at radius 2 is 1.95 bits per heavy atom. The fourth-order valence-electron chi connectivity index (χ4n) is 3.68. The van der Waals surface area contributed by atoms with Crippen molar-refractivity contribution < 1.29 is 14.7 Å². The molecule has 0 heterocycles. The maximum Gasteiger partial charge on any atom is 0.326 e. The average Bonchev–Trinajstić information content (AvgIpc) is 2.93. The zero-order valence-electron chi connectivity index (χ0n) is 12.6. The van der Waals surface area contributed by atoms with Crippen LogP contribution in [0, 0.1) is 23.2 Å². The average molecular weight is 282 g/mol. The van der Waals surface area contributed by atoms with Gasteiger partial charge in [0.15, 0.2) is 0 Å². The Labute approximate surface area is 120 Å². The van der Waals surface area contributed by atoms with E-state index in [1.54, 1.807) is 0 Å². The van der Waals surface area contributed by atoms with Gasteiger partial charge in [0.1, 0.15) is 6.04 Å². The summed E-state index contributed by atoms with van der Waals surface area (Å²) in [6, 6.07) is -1.24. The molecule has 2 bridgehead atoms. The van der Waals surface area contributed by atoms with E-state index in [0.717, 1.165) is 11.8 Å². The van der Waals surface area contributed by atoms with Crippen molar-refractivity contribution >= 4 is 12.0 Å². The molecule has 0 radical (unpaired) electrons. The standard InChI is InChI=1S/C15H26N2O3/c1-15(2,3)12(13(18)19)17-14(20)16-8-11-7-9-4-5-10(11)6-9/h9-12H,4-8H2,1-3H3,(H,18,19)(H2,16,17,20). The lowest BCUT2D eigenvalue weighted by molar-refractivity contribution is -0.141. The zero-order chi connectivity index (χ0) is 14.9. The van der Waals surface area contributed by atoms with Gasteiger partial charge in [-0.2, -0.15) is 0 Å². The minimum absolute atomic E-state index is 0.366. The number of nitrogens with one attached hydrogen (secondary N) is 2. The van der Waals surface area contributed by atoms with Gasteiger partial charge in [0.05, 0.1) is 0 Å². The van der Waals surface area contributed by atoms with Crippen molar-refractivity contribution in [2.75, 3.05) is 6.54 Å². The van der Waals surface area contributed by atoms with E-state index in [1.165, 1.54) is 25.7 Å². The molecule has 20 heavy (non-hydrogen) atoms. The van der Waals surface area contributed by atoms with Crippen molar-refractivity contribution in [3.05, 3.63) is 0 Å². The number of hydrogen-bond donors (Lipinski definition) is 3. The highest BCUT2D eigenvalue weighted by Gasteiger charge is 2.39. The predicted octanol–water partition coefficient (Wildman–Crippen LogP) is 2.22. The summed E-state index contributed by atoms with van der Waals surface area (Å²) in [4.78, 5) is 23.1. The normalized spacial score (nSPS) is 30.1. The predicted molar refractivity (Wildman–Crippen MR) is 76.4 cm³/mol. The van der Waals surface area contributed by atoms with Crippen molar-refractivity contribution in [3.63, 3.8) is 0 Å². The number of carboxylic acids is 1. The lowest BCUT2D eigenvalue weighted by Crippen LogP contribution is -2.52. The highest BCUT2D eigenvalue weighted by Crippen LogP contribution is 2.47. The van der Waals surface area contributed by atoms with Crippen LogP contribution in [0.5, 0.6) is 0 Å². The Morgan fingerprint density at radius 3 is 2.40 bits per heavy atom. The molecule has 3 N–H and O–H groups in total. The van der Waals surface area contributed by atoms with E-state index in [4.69, 9.17) is 0 Å². The number of carbonyl (C=O) groups excluding carboxylic acids is 1. The lowest BCUT2D eigenvalue weighted by Gasteiger charge is -2.28. The molecule has 0 saturated heterocycles. The topological polar surface area (TPSA) is 78.4 Å². The van der Waals surface area contributed by atoms with Crippen molar-refractivity contribution in [2.45, 2.75) is 52.5 Å². The summed E-state index contributed by atoms with van der Waals surface area (Å²) >= 11 is 0. The third kappa shape index (κ3) is 3.44. The highest BCUT2D eigenvalue weighted by atomic mass is 16.4. The monoisotopic (exact) mass is 282 g/mol. The molecule has 0 aromatic carbocycles. The number of aliphatic carboxylic acids is 1. The fourth-order valence-corrected chi connectivity index (χ4v) is 3.68. The van der Waals surface area contributed by atoms with Crippen LogP contribution >= 0.6 is 0 Å². The number of fused-ring (bicyclic) bond motifs is 2. The first-order chi connectivity index (χ1) is 9.27. The molecular weight excluding hydrogens is 256 g/mol. The minimum atomic E-state index is -0.993. The van der Waals surface area contributed by atoms with Crippen molar-refractivity contribution in [1.29, 1.82) is 0 Å². The summed E-state index contributed by atoms with van der Waals surface area (Å²) in [5.74, 6) is 1.21. The van der Waals surface area contributed by atoms with Crippen LogP contribution in [0.2, 0.25) is 0 Å². The van der Waals surface area contributed by atoms with E-state index < -0.39 is 17.4 Å². The van der Waals surface area contributed by atoms with Crippen molar-refractivity contribution in [2.24, 2.45) is 23.2 Å². The molecular formula is C15H26N2O3. The molecule has 5 nitrogen and oxygen atoms in total. The molecule has 2 rings (SSSR count). The summed E-state index contributed by atoms with van der Waals surface area (Å²) < 4.78 is 0. The second kappa shape index (κ2) is 5.62. The van der Waals surface area contributed by atoms with Crippen molar-refractivity contribution in [3.8, 4) is 0 Å². The molecule has 0 aliphatic heterocycles. The Hall–Kier alpha value is -1.26. The maximum atomic E-state index is 11.9. The SMILES string of the molecule is CC(C)(C)C(NC(=O)NCC1CC2CCC1C2)C(=O)O. The maximum absolute atomic E-state index is 11.9. The Bertz CT molecular complexity index is 389. The zero-order valence-corrected chi connectivity index (χ0v) is 12.6. The van der Waals surface area contributed by atoms with E-state index >= 15 is 0 Å². The molecule has 0 aromatic heterocycles. The van der Waals surface area contributed by atoms with Crippen LogP contribution in [0.15, 0.2) is 0 Å². The Balaban J connectivity index is 1.78. The minimum Gasteiger partial charge on any atom is -0.480 e. The molecule has 0 spiro atoms. The number of carbonyl (C=O) groups is 2. The van der Waals surface area contributed by atoms with E-state index in [2.05, 4.69) is 10.6 Å². The first-order valence-corrected chi connectivity index (χ1v) is 7.54. The third-order valence-electron chi connectivity index (χ3n) is 4.80. The summed E-state index contributed by atoms with van der Waals surface area (Å²) in [6.07, 6.45) is 5.16.